The predicted octanol–water partition coefficient (Wildman–Crippen LogP) is 1.80. The summed E-state index contributed by atoms with van der Waals surface area (Å²) >= 11 is 0. The number of piperidine rings is 1. The van der Waals surface area contributed by atoms with Crippen molar-refractivity contribution in [2.75, 3.05) is 34.2 Å². The van der Waals surface area contributed by atoms with E-state index in [1.54, 1.807) is 19.2 Å². The van der Waals surface area contributed by atoms with E-state index in [1.807, 2.05) is 23.9 Å². The number of hydrogen-bond acceptors (Lipinski definition) is 3. The SMILES string of the molecule is CNC(=O)CC1CCN(C(=O)[C@H](c2ccc(F)cc2)N(C)C)CC1. The smallest absolute Gasteiger partial charge is 0.244 e. The second kappa shape index (κ2) is 8.24. The minimum Gasteiger partial charge on any atom is -0.359 e. The number of carbonyl (C=O) groups is 2. The molecule has 1 aromatic carbocycles. The summed E-state index contributed by atoms with van der Waals surface area (Å²) in [5.74, 6) is 0.110. The number of nitrogens with zero attached hydrogens (tertiary/aromatic N) is 2. The number of hydrogen-bond donors (Lipinski definition) is 1. The third kappa shape index (κ3) is 4.54. The minimum absolute atomic E-state index is 0.0324. The molecule has 1 saturated heterocycles. The van der Waals surface area contributed by atoms with Crippen LogP contribution in [0.5, 0.6) is 0 Å². The van der Waals surface area contributed by atoms with Crippen LogP contribution in [0.2, 0.25) is 0 Å². The van der Waals surface area contributed by atoms with E-state index < -0.39 is 6.04 Å². The van der Waals surface area contributed by atoms with Gasteiger partial charge in [-0.25, -0.2) is 4.39 Å². The van der Waals surface area contributed by atoms with E-state index in [0.717, 1.165) is 18.4 Å². The lowest BCUT2D eigenvalue weighted by atomic mass is 9.92. The molecule has 0 unspecified atom stereocenters. The van der Waals surface area contributed by atoms with Crippen molar-refractivity contribution < 1.29 is 14.0 Å². The van der Waals surface area contributed by atoms with Crippen molar-refractivity contribution in [3.63, 3.8) is 0 Å². The van der Waals surface area contributed by atoms with Crippen LogP contribution in [0.3, 0.4) is 0 Å². The monoisotopic (exact) mass is 335 g/mol. The van der Waals surface area contributed by atoms with E-state index in [9.17, 15) is 14.0 Å². The molecule has 0 bridgehead atoms. The van der Waals surface area contributed by atoms with Crippen LogP contribution in [0.25, 0.3) is 0 Å². The molecular weight excluding hydrogens is 309 g/mol. The Kier molecular flexibility index (Phi) is 6.31. The van der Waals surface area contributed by atoms with Crippen LogP contribution >= 0.6 is 0 Å². The van der Waals surface area contributed by atoms with Crippen LogP contribution in [0.4, 0.5) is 4.39 Å². The second-order valence-electron chi connectivity index (χ2n) is 6.56. The molecule has 1 fully saturated rings. The van der Waals surface area contributed by atoms with Gasteiger partial charge in [0.2, 0.25) is 11.8 Å². The van der Waals surface area contributed by atoms with Gasteiger partial charge in [-0.3, -0.25) is 14.5 Å². The summed E-state index contributed by atoms with van der Waals surface area (Å²) in [4.78, 5) is 28.1. The fraction of sp³-hybridized carbons (Fsp3) is 0.556. The van der Waals surface area contributed by atoms with E-state index >= 15 is 0 Å². The molecule has 0 radical (unpaired) electrons. The zero-order valence-electron chi connectivity index (χ0n) is 14.6. The maximum atomic E-state index is 13.1. The molecule has 1 aromatic rings. The maximum absolute atomic E-state index is 13.1. The van der Waals surface area contributed by atoms with Gasteiger partial charge in [0.15, 0.2) is 0 Å². The molecule has 1 aliphatic heterocycles. The zero-order chi connectivity index (χ0) is 17.7. The summed E-state index contributed by atoms with van der Waals surface area (Å²) in [6.07, 6.45) is 2.19. The van der Waals surface area contributed by atoms with E-state index in [0.29, 0.717) is 25.4 Å². The van der Waals surface area contributed by atoms with Crippen molar-refractivity contribution in [3.8, 4) is 0 Å². The second-order valence-corrected chi connectivity index (χ2v) is 6.56. The molecule has 1 aliphatic rings. The molecule has 2 amide bonds. The van der Waals surface area contributed by atoms with Crippen molar-refractivity contribution in [1.82, 2.24) is 15.1 Å². The Morgan fingerprint density at radius 2 is 1.83 bits per heavy atom. The highest BCUT2D eigenvalue weighted by Crippen LogP contribution is 2.26. The standard InChI is InChI=1S/C18H26FN3O2/c1-20-16(23)12-13-8-10-22(11-9-13)18(24)17(21(2)3)14-4-6-15(19)7-5-14/h4-7,13,17H,8-12H2,1-3H3,(H,20,23)/t17-/m0/s1. The first-order chi connectivity index (χ1) is 11.4. The Hall–Kier alpha value is -1.95. The normalized spacial score (nSPS) is 17.0. The largest absolute Gasteiger partial charge is 0.359 e. The molecule has 0 aromatic heterocycles. The highest BCUT2D eigenvalue weighted by atomic mass is 19.1. The fourth-order valence-electron chi connectivity index (χ4n) is 3.20. The first-order valence-electron chi connectivity index (χ1n) is 8.33. The van der Waals surface area contributed by atoms with Gasteiger partial charge >= 0.3 is 0 Å². The number of benzene rings is 1. The molecule has 2 rings (SSSR count). The van der Waals surface area contributed by atoms with Gasteiger partial charge in [0.05, 0.1) is 0 Å². The first-order valence-corrected chi connectivity index (χ1v) is 8.33. The van der Waals surface area contributed by atoms with Crippen molar-refractivity contribution >= 4 is 11.8 Å². The van der Waals surface area contributed by atoms with Crippen LogP contribution in [-0.4, -0.2) is 55.8 Å². The summed E-state index contributed by atoms with van der Waals surface area (Å²) < 4.78 is 13.1. The van der Waals surface area contributed by atoms with Crippen molar-refractivity contribution in [2.24, 2.45) is 5.92 Å². The molecule has 132 valence electrons. The molecule has 1 N–H and O–H groups in total. The van der Waals surface area contributed by atoms with Crippen molar-refractivity contribution in [1.29, 1.82) is 0 Å². The molecular formula is C18H26FN3O2. The number of halogens is 1. The van der Waals surface area contributed by atoms with E-state index in [1.165, 1.54) is 12.1 Å². The molecule has 1 atom stereocenters. The number of nitrogens with one attached hydrogen (secondary N) is 1. The van der Waals surface area contributed by atoms with Gasteiger partial charge in [-0.1, -0.05) is 12.1 Å². The third-order valence-corrected chi connectivity index (χ3v) is 4.62. The van der Waals surface area contributed by atoms with Crippen molar-refractivity contribution in [2.45, 2.75) is 25.3 Å². The minimum atomic E-state index is -0.416. The zero-order valence-corrected chi connectivity index (χ0v) is 14.6. The van der Waals surface area contributed by atoms with Crippen molar-refractivity contribution in [3.05, 3.63) is 35.6 Å². The van der Waals surface area contributed by atoms with Crippen LogP contribution in [-0.2, 0) is 9.59 Å². The number of likely N-dealkylation sites (tertiary alicyclic amines) is 1. The Labute approximate surface area is 142 Å². The van der Waals surface area contributed by atoms with Crippen LogP contribution in [0.1, 0.15) is 30.9 Å². The number of carbonyl (C=O) groups excluding carboxylic acids is 2. The summed E-state index contributed by atoms with van der Waals surface area (Å²) in [5, 5.41) is 2.65. The molecule has 5 nitrogen and oxygen atoms in total. The highest BCUT2D eigenvalue weighted by molar-refractivity contribution is 5.83. The molecule has 24 heavy (non-hydrogen) atoms. The van der Waals surface area contributed by atoms with Gasteiger partial charge in [-0.2, -0.15) is 0 Å². The first kappa shape index (κ1) is 18.4. The van der Waals surface area contributed by atoms with Crippen LogP contribution in [0.15, 0.2) is 24.3 Å². The molecule has 1 heterocycles. The highest BCUT2D eigenvalue weighted by Gasteiger charge is 2.31. The number of rotatable bonds is 5. The topological polar surface area (TPSA) is 52.7 Å². The van der Waals surface area contributed by atoms with E-state index in [-0.39, 0.29) is 17.6 Å². The summed E-state index contributed by atoms with van der Waals surface area (Å²) in [6, 6.07) is 5.68. The van der Waals surface area contributed by atoms with Crippen LogP contribution < -0.4 is 5.32 Å². The number of amides is 2. The van der Waals surface area contributed by atoms with E-state index in [2.05, 4.69) is 5.32 Å². The van der Waals surface area contributed by atoms with Gasteiger partial charge in [0, 0.05) is 26.6 Å². The third-order valence-electron chi connectivity index (χ3n) is 4.62. The van der Waals surface area contributed by atoms with Gasteiger partial charge in [-0.15, -0.1) is 0 Å². The average molecular weight is 335 g/mol. The Morgan fingerprint density at radius 1 is 1.25 bits per heavy atom. The number of likely N-dealkylation sites (N-methyl/N-ethyl adjacent to an activating group) is 1. The molecule has 6 heteroatoms. The Morgan fingerprint density at radius 3 is 2.33 bits per heavy atom. The summed E-state index contributed by atoms with van der Waals surface area (Å²) in [5.41, 5.74) is 0.791. The average Bonchev–Trinajstić information content (AvgIpc) is 2.57. The summed E-state index contributed by atoms with van der Waals surface area (Å²) in [6.45, 7) is 1.32. The molecule has 0 aliphatic carbocycles. The van der Waals surface area contributed by atoms with Gasteiger partial charge in [0.1, 0.15) is 11.9 Å². The molecule has 0 saturated carbocycles. The lowest BCUT2D eigenvalue weighted by Gasteiger charge is -2.36. The van der Waals surface area contributed by atoms with Gasteiger partial charge < -0.3 is 10.2 Å². The predicted molar refractivity (Wildman–Crippen MR) is 90.8 cm³/mol. The fourth-order valence-corrected chi connectivity index (χ4v) is 3.20. The van der Waals surface area contributed by atoms with Gasteiger partial charge in [0.25, 0.3) is 0 Å². The molecule has 0 spiro atoms. The quantitative estimate of drug-likeness (QED) is 0.893. The van der Waals surface area contributed by atoms with E-state index in [4.69, 9.17) is 0 Å². The van der Waals surface area contributed by atoms with Gasteiger partial charge in [-0.05, 0) is 50.6 Å². The summed E-state index contributed by atoms with van der Waals surface area (Å²) in [7, 11) is 5.35. The lowest BCUT2D eigenvalue weighted by molar-refractivity contribution is -0.137. The Bertz CT molecular complexity index is 566. The Balaban J connectivity index is 2.01. The lowest BCUT2D eigenvalue weighted by Crippen LogP contribution is -2.45. The maximum Gasteiger partial charge on any atom is 0.244 e. The van der Waals surface area contributed by atoms with Crippen LogP contribution in [0, 0.1) is 11.7 Å².